The molecule has 158 valence electrons. The topological polar surface area (TPSA) is 135 Å². The summed E-state index contributed by atoms with van der Waals surface area (Å²) in [5.41, 5.74) is 4.27. The number of hydrogen-bond donors (Lipinski definition) is 4. The first kappa shape index (κ1) is 21.9. The van der Waals surface area contributed by atoms with Gasteiger partial charge in [0.05, 0.1) is 11.6 Å². The molecule has 1 atom stereocenters. The second kappa shape index (κ2) is 8.53. The predicted molar refractivity (Wildman–Crippen MR) is 113 cm³/mol. The van der Waals surface area contributed by atoms with Crippen molar-refractivity contribution in [2.75, 3.05) is 18.5 Å². The van der Waals surface area contributed by atoms with Crippen LogP contribution in [0.25, 0.3) is 11.0 Å². The van der Waals surface area contributed by atoms with E-state index in [0.29, 0.717) is 16.2 Å². The number of carbonyl (C=O) groups excluding carboxylic acids is 2. The lowest BCUT2D eigenvalue weighted by Crippen LogP contribution is -2.36. The first-order valence-corrected chi connectivity index (χ1v) is 9.45. The van der Waals surface area contributed by atoms with Gasteiger partial charge in [-0.1, -0.05) is 23.2 Å². The Morgan fingerprint density at radius 1 is 1.23 bits per heavy atom. The second-order valence-corrected chi connectivity index (χ2v) is 7.69. The lowest BCUT2D eigenvalue weighted by Gasteiger charge is -2.20. The predicted octanol–water partition coefficient (Wildman–Crippen LogP) is 3.58. The van der Waals surface area contributed by atoms with E-state index in [1.807, 2.05) is 0 Å². The zero-order chi connectivity index (χ0) is 22.1. The van der Waals surface area contributed by atoms with Crippen LogP contribution in [0, 0.1) is 0 Å². The van der Waals surface area contributed by atoms with Gasteiger partial charge in [0.1, 0.15) is 29.2 Å². The first-order chi connectivity index (χ1) is 14.1. The Balaban J connectivity index is 2.04. The van der Waals surface area contributed by atoms with Crippen molar-refractivity contribution in [1.29, 1.82) is 0 Å². The maximum atomic E-state index is 13.0. The summed E-state index contributed by atoms with van der Waals surface area (Å²) in [5, 5.41) is 22.3. The molecule has 0 unspecified atom stereocenters. The molecule has 3 aromatic rings. The number of carbonyl (C=O) groups is 2. The largest absolute Gasteiger partial charge is 0.490 e. The fourth-order valence-corrected chi connectivity index (χ4v) is 3.15. The van der Waals surface area contributed by atoms with E-state index >= 15 is 0 Å². The number of aliphatic hydroxyl groups excluding tert-OH is 1. The van der Waals surface area contributed by atoms with Crippen LogP contribution in [-0.2, 0) is 0 Å². The van der Waals surface area contributed by atoms with Crippen molar-refractivity contribution in [2.24, 2.45) is 5.73 Å². The molecule has 0 spiro atoms. The highest BCUT2D eigenvalue weighted by Gasteiger charge is 2.25. The molecule has 1 aromatic heterocycles. The van der Waals surface area contributed by atoms with Gasteiger partial charge in [-0.25, -0.2) is 4.79 Å². The molecular formula is C20H18Cl2N2O6. The Hall–Kier alpha value is -2.78. The molecule has 0 aliphatic heterocycles. The zero-order valence-corrected chi connectivity index (χ0v) is 17.3. The smallest absolute Gasteiger partial charge is 0.316 e. The molecule has 2 amide bonds. The molecule has 3 rings (SSSR count). The van der Waals surface area contributed by atoms with E-state index in [1.165, 1.54) is 31.2 Å². The molecule has 10 heteroatoms. The van der Waals surface area contributed by atoms with Gasteiger partial charge in [-0.05, 0) is 37.3 Å². The molecule has 0 bridgehead atoms. The minimum Gasteiger partial charge on any atom is -0.490 e. The maximum absolute atomic E-state index is 13.0. The minimum absolute atomic E-state index is 0.0856. The van der Waals surface area contributed by atoms with E-state index in [1.54, 1.807) is 12.1 Å². The number of primary amides is 1. The van der Waals surface area contributed by atoms with Crippen LogP contribution in [0.2, 0.25) is 10.0 Å². The molecule has 0 aliphatic carbocycles. The quantitative estimate of drug-likeness (QED) is 0.404. The third kappa shape index (κ3) is 4.68. The Morgan fingerprint density at radius 3 is 2.60 bits per heavy atom. The van der Waals surface area contributed by atoms with Gasteiger partial charge in [-0.15, -0.1) is 0 Å². The van der Waals surface area contributed by atoms with Crippen LogP contribution in [0.3, 0.4) is 0 Å². The number of hydrogen-bond acceptors (Lipinski definition) is 6. The highest BCUT2D eigenvalue weighted by Crippen LogP contribution is 2.36. The Kier molecular flexibility index (Phi) is 6.23. The molecule has 8 nitrogen and oxygen atoms in total. The van der Waals surface area contributed by atoms with Gasteiger partial charge >= 0.3 is 6.03 Å². The molecule has 0 radical (unpaired) electrons. The third-order valence-electron chi connectivity index (χ3n) is 4.18. The summed E-state index contributed by atoms with van der Waals surface area (Å²) in [7, 11) is 0. The maximum Gasteiger partial charge on any atom is 0.316 e. The van der Waals surface area contributed by atoms with Crippen LogP contribution in [0.4, 0.5) is 10.5 Å². The lowest BCUT2D eigenvalue weighted by atomic mass is 10.1. The van der Waals surface area contributed by atoms with Gasteiger partial charge in [0.2, 0.25) is 5.78 Å². The van der Waals surface area contributed by atoms with E-state index < -0.39 is 24.0 Å². The van der Waals surface area contributed by atoms with Gasteiger partial charge in [-0.3, -0.25) is 4.79 Å². The van der Waals surface area contributed by atoms with E-state index in [0.717, 1.165) is 0 Å². The number of benzene rings is 2. The molecule has 0 saturated carbocycles. The number of amides is 2. The van der Waals surface area contributed by atoms with E-state index in [9.17, 15) is 14.7 Å². The van der Waals surface area contributed by atoms with Crippen molar-refractivity contribution in [3.05, 3.63) is 57.8 Å². The standard InChI is InChI=1S/C20H18Cl2N2O6/c1-20(28,8-25)9-29-11-3-5-13-15(7-11)30-18(16(13)24-19(23)27)17(26)12-4-2-10(21)6-14(12)22/h2-7,25,28H,8-9H2,1H3,(H3,23,24,27)/t20-/m1/s1. The van der Waals surface area contributed by atoms with Gasteiger partial charge in [0, 0.05) is 22.0 Å². The van der Waals surface area contributed by atoms with Crippen LogP contribution >= 0.6 is 23.2 Å². The van der Waals surface area contributed by atoms with Gasteiger partial charge in [0.25, 0.3) is 0 Å². The van der Waals surface area contributed by atoms with Crippen molar-refractivity contribution in [2.45, 2.75) is 12.5 Å². The summed E-state index contributed by atoms with van der Waals surface area (Å²) in [5.74, 6) is -0.436. The van der Waals surface area contributed by atoms with Crippen LogP contribution in [0.1, 0.15) is 23.0 Å². The molecule has 1 heterocycles. The summed E-state index contributed by atoms with van der Waals surface area (Å²) in [6.45, 7) is 0.761. The number of aliphatic hydroxyl groups is 2. The second-order valence-electron chi connectivity index (χ2n) is 6.85. The van der Waals surface area contributed by atoms with Crippen molar-refractivity contribution in [3.8, 4) is 5.75 Å². The fourth-order valence-electron chi connectivity index (χ4n) is 2.65. The number of nitrogens with two attached hydrogens (primary N) is 1. The summed E-state index contributed by atoms with van der Waals surface area (Å²) in [4.78, 5) is 24.5. The third-order valence-corrected chi connectivity index (χ3v) is 4.73. The molecule has 5 N–H and O–H groups in total. The average molecular weight is 453 g/mol. The van der Waals surface area contributed by atoms with Crippen LogP contribution < -0.4 is 15.8 Å². The normalized spacial score (nSPS) is 13.1. The van der Waals surface area contributed by atoms with E-state index in [4.69, 9.17) is 43.2 Å². The van der Waals surface area contributed by atoms with Crippen molar-refractivity contribution in [3.63, 3.8) is 0 Å². The van der Waals surface area contributed by atoms with Gasteiger partial charge < -0.3 is 30.4 Å². The Labute approximate surface area is 181 Å². The summed E-state index contributed by atoms with van der Waals surface area (Å²) >= 11 is 12.0. The summed E-state index contributed by atoms with van der Waals surface area (Å²) < 4.78 is 11.2. The number of rotatable bonds is 7. The number of fused-ring (bicyclic) bond motifs is 1. The highest BCUT2D eigenvalue weighted by molar-refractivity contribution is 6.37. The highest BCUT2D eigenvalue weighted by atomic mass is 35.5. The van der Waals surface area contributed by atoms with Crippen LogP contribution in [0.15, 0.2) is 40.8 Å². The molecular weight excluding hydrogens is 435 g/mol. The SMILES string of the molecule is C[C@@](O)(CO)COc1ccc2c(NC(N)=O)c(C(=O)c3ccc(Cl)cc3Cl)oc2c1. The number of halogens is 2. The molecule has 2 aromatic carbocycles. The van der Waals surface area contributed by atoms with Gasteiger partial charge in [0.15, 0.2) is 5.76 Å². The Morgan fingerprint density at radius 2 is 1.97 bits per heavy atom. The number of furan rings is 1. The molecule has 0 saturated heterocycles. The van der Waals surface area contributed by atoms with Gasteiger partial charge in [-0.2, -0.15) is 0 Å². The summed E-state index contributed by atoms with van der Waals surface area (Å²) in [6, 6.07) is 8.08. The Bertz CT molecular complexity index is 1130. The molecule has 0 fully saturated rings. The molecule has 30 heavy (non-hydrogen) atoms. The van der Waals surface area contributed by atoms with Crippen molar-refractivity contribution in [1.82, 2.24) is 0 Å². The zero-order valence-electron chi connectivity index (χ0n) is 15.7. The van der Waals surface area contributed by atoms with Crippen LogP contribution in [-0.4, -0.2) is 40.8 Å². The molecule has 0 aliphatic rings. The lowest BCUT2D eigenvalue weighted by molar-refractivity contribution is -0.0324. The number of ketones is 1. The average Bonchev–Trinajstić information content (AvgIpc) is 3.03. The van der Waals surface area contributed by atoms with Crippen molar-refractivity contribution >= 4 is 51.7 Å². The van der Waals surface area contributed by atoms with Crippen molar-refractivity contribution < 1.29 is 29.0 Å². The minimum atomic E-state index is -1.43. The van der Waals surface area contributed by atoms with E-state index in [-0.39, 0.29) is 34.2 Å². The van der Waals surface area contributed by atoms with Crippen LogP contribution in [0.5, 0.6) is 5.75 Å². The first-order valence-electron chi connectivity index (χ1n) is 8.70. The summed E-state index contributed by atoms with van der Waals surface area (Å²) in [6.07, 6.45) is 0. The number of urea groups is 1. The van der Waals surface area contributed by atoms with E-state index in [2.05, 4.69) is 5.32 Å². The fraction of sp³-hybridized carbons (Fsp3) is 0.200. The number of ether oxygens (including phenoxy) is 1. The monoisotopic (exact) mass is 452 g/mol. The number of nitrogens with one attached hydrogen (secondary N) is 1. The number of anilines is 1.